The monoisotopic (exact) mass is 393 g/mol. The van der Waals surface area contributed by atoms with Crippen molar-refractivity contribution < 1.29 is 4.79 Å². The normalized spacial score (nSPS) is 20.0. The SMILES string of the molecule is Cn1nc(CN2CCN(CC(=O)N3CCCc4ccccc43)CC2)c2c1CCC2. The molecule has 3 aliphatic rings. The number of aryl methyl sites for hydroxylation is 2. The molecule has 0 saturated carbocycles. The first-order valence-electron chi connectivity index (χ1n) is 11.1. The Hall–Kier alpha value is -2.18. The van der Waals surface area contributed by atoms with E-state index in [-0.39, 0.29) is 5.91 Å². The number of carbonyl (C=O) groups excluding carboxylic acids is 1. The van der Waals surface area contributed by atoms with Crippen LogP contribution in [0.1, 0.15) is 35.4 Å². The zero-order chi connectivity index (χ0) is 19.8. The molecular weight excluding hydrogens is 362 g/mol. The van der Waals surface area contributed by atoms with E-state index in [0.717, 1.165) is 57.8 Å². The van der Waals surface area contributed by atoms with Gasteiger partial charge in [0, 0.05) is 57.7 Å². The third-order valence-corrected chi connectivity index (χ3v) is 6.81. The van der Waals surface area contributed by atoms with Crippen molar-refractivity contribution in [2.45, 2.75) is 38.6 Å². The number of hydrogen-bond donors (Lipinski definition) is 0. The molecule has 0 unspecified atom stereocenters. The third kappa shape index (κ3) is 3.71. The van der Waals surface area contributed by atoms with Gasteiger partial charge in [0.15, 0.2) is 0 Å². The van der Waals surface area contributed by atoms with Crippen LogP contribution in [-0.4, -0.2) is 64.8 Å². The summed E-state index contributed by atoms with van der Waals surface area (Å²) >= 11 is 0. The van der Waals surface area contributed by atoms with Crippen LogP contribution in [0.15, 0.2) is 24.3 Å². The summed E-state index contributed by atoms with van der Waals surface area (Å²) in [4.78, 5) is 19.8. The van der Waals surface area contributed by atoms with Gasteiger partial charge in [-0.15, -0.1) is 0 Å². The Bertz CT molecular complexity index is 897. The van der Waals surface area contributed by atoms with Crippen molar-refractivity contribution in [3.05, 3.63) is 46.8 Å². The first-order chi connectivity index (χ1) is 14.2. The predicted molar refractivity (Wildman–Crippen MR) is 114 cm³/mol. The number of aromatic nitrogens is 2. The van der Waals surface area contributed by atoms with Crippen LogP contribution in [0, 0.1) is 0 Å². The van der Waals surface area contributed by atoms with Crippen molar-refractivity contribution in [2.75, 3.05) is 44.2 Å². The van der Waals surface area contributed by atoms with E-state index in [1.807, 2.05) is 11.0 Å². The smallest absolute Gasteiger partial charge is 0.241 e. The van der Waals surface area contributed by atoms with Crippen molar-refractivity contribution in [1.82, 2.24) is 19.6 Å². The van der Waals surface area contributed by atoms with Crippen LogP contribution in [0.5, 0.6) is 0 Å². The van der Waals surface area contributed by atoms with Crippen LogP contribution in [0.4, 0.5) is 5.69 Å². The van der Waals surface area contributed by atoms with Crippen molar-refractivity contribution in [1.29, 1.82) is 0 Å². The number of anilines is 1. The Labute approximate surface area is 173 Å². The maximum Gasteiger partial charge on any atom is 0.241 e. The Morgan fingerprint density at radius 2 is 1.76 bits per heavy atom. The second-order valence-corrected chi connectivity index (χ2v) is 8.68. The lowest BCUT2D eigenvalue weighted by molar-refractivity contribution is -0.120. The summed E-state index contributed by atoms with van der Waals surface area (Å²) in [7, 11) is 2.08. The molecule has 6 heteroatoms. The molecular formula is C23H31N5O. The number of rotatable bonds is 4. The van der Waals surface area contributed by atoms with E-state index in [2.05, 4.69) is 39.7 Å². The van der Waals surface area contributed by atoms with Crippen LogP contribution in [0.25, 0.3) is 0 Å². The van der Waals surface area contributed by atoms with Crippen LogP contribution in [0.2, 0.25) is 0 Å². The highest BCUT2D eigenvalue weighted by Gasteiger charge is 2.27. The van der Waals surface area contributed by atoms with Gasteiger partial charge in [-0.2, -0.15) is 5.10 Å². The van der Waals surface area contributed by atoms with Gasteiger partial charge in [0.05, 0.1) is 12.2 Å². The van der Waals surface area contributed by atoms with Gasteiger partial charge in [-0.1, -0.05) is 18.2 Å². The van der Waals surface area contributed by atoms with Crippen molar-refractivity contribution >= 4 is 11.6 Å². The number of nitrogens with zero attached hydrogens (tertiary/aromatic N) is 5. The molecule has 1 aromatic carbocycles. The van der Waals surface area contributed by atoms with E-state index >= 15 is 0 Å². The Kier molecular flexibility index (Phi) is 5.14. The van der Waals surface area contributed by atoms with Gasteiger partial charge in [-0.05, 0) is 49.3 Å². The second-order valence-electron chi connectivity index (χ2n) is 8.68. The highest BCUT2D eigenvalue weighted by molar-refractivity contribution is 5.95. The quantitative estimate of drug-likeness (QED) is 0.797. The average Bonchev–Trinajstić information content (AvgIpc) is 3.34. The molecule has 3 heterocycles. The van der Waals surface area contributed by atoms with E-state index in [4.69, 9.17) is 5.10 Å². The van der Waals surface area contributed by atoms with Gasteiger partial charge in [0.25, 0.3) is 0 Å². The Balaban J connectivity index is 1.16. The molecule has 6 nitrogen and oxygen atoms in total. The molecule has 154 valence electrons. The van der Waals surface area contributed by atoms with Gasteiger partial charge in [0.2, 0.25) is 5.91 Å². The Morgan fingerprint density at radius 3 is 2.62 bits per heavy atom. The molecule has 0 N–H and O–H groups in total. The summed E-state index contributed by atoms with van der Waals surface area (Å²) in [6, 6.07) is 8.36. The first kappa shape index (κ1) is 18.8. The lowest BCUT2D eigenvalue weighted by Gasteiger charge is -2.36. The molecule has 0 atom stereocenters. The topological polar surface area (TPSA) is 44.6 Å². The fourth-order valence-electron chi connectivity index (χ4n) is 5.21. The molecule has 0 radical (unpaired) electrons. The molecule has 1 aliphatic carbocycles. The number of amides is 1. The molecule has 29 heavy (non-hydrogen) atoms. The van der Waals surface area contributed by atoms with Crippen molar-refractivity contribution in [3.8, 4) is 0 Å². The first-order valence-corrected chi connectivity index (χ1v) is 11.1. The highest BCUT2D eigenvalue weighted by atomic mass is 16.2. The largest absolute Gasteiger partial charge is 0.311 e. The number of benzene rings is 1. The lowest BCUT2D eigenvalue weighted by Crippen LogP contribution is -2.50. The maximum absolute atomic E-state index is 13.0. The van der Waals surface area contributed by atoms with Gasteiger partial charge in [-0.25, -0.2) is 0 Å². The summed E-state index contributed by atoms with van der Waals surface area (Å²) in [6.07, 6.45) is 5.77. The van der Waals surface area contributed by atoms with E-state index < -0.39 is 0 Å². The molecule has 5 rings (SSSR count). The molecule has 1 fully saturated rings. The summed E-state index contributed by atoms with van der Waals surface area (Å²) in [5, 5.41) is 4.78. The fraction of sp³-hybridized carbons (Fsp3) is 0.565. The standard InChI is InChI=1S/C23H31N5O/c1-25-22-10-4-8-19(22)20(24-25)16-26-12-14-27(15-13-26)17-23(29)28-11-5-7-18-6-2-3-9-21(18)28/h2-3,6,9H,4-5,7-8,10-17H2,1H3. The molecule has 2 aromatic rings. The Morgan fingerprint density at radius 1 is 0.966 bits per heavy atom. The van der Waals surface area contributed by atoms with Crippen LogP contribution < -0.4 is 4.90 Å². The van der Waals surface area contributed by atoms with Gasteiger partial charge < -0.3 is 4.90 Å². The third-order valence-electron chi connectivity index (χ3n) is 6.81. The fourth-order valence-corrected chi connectivity index (χ4v) is 5.21. The molecule has 0 spiro atoms. The van der Waals surface area contributed by atoms with Crippen molar-refractivity contribution in [3.63, 3.8) is 0 Å². The minimum absolute atomic E-state index is 0.244. The number of hydrogen-bond acceptors (Lipinski definition) is 4. The number of fused-ring (bicyclic) bond motifs is 2. The zero-order valence-electron chi connectivity index (χ0n) is 17.4. The summed E-state index contributed by atoms with van der Waals surface area (Å²) < 4.78 is 2.09. The number of para-hydroxylation sites is 1. The summed E-state index contributed by atoms with van der Waals surface area (Å²) in [6.45, 7) is 6.25. The maximum atomic E-state index is 13.0. The minimum atomic E-state index is 0.244. The lowest BCUT2D eigenvalue weighted by atomic mass is 10.0. The van der Waals surface area contributed by atoms with E-state index in [1.54, 1.807) is 0 Å². The second kappa shape index (κ2) is 7.92. The molecule has 1 aromatic heterocycles. The zero-order valence-corrected chi connectivity index (χ0v) is 17.4. The van der Waals surface area contributed by atoms with E-state index in [9.17, 15) is 4.79 Å². The summed E-state index contributed by atoms with van der Waals surface area (Å²) in [5.41, 5.74) is 6.63. The number of piperazine rings is 1. The average molecular weight is 394 g/mol. The predicted octanol–water partition coefficient (Wildman–Crippen LogP) is 2.01. The van der Waals surface area contributed by atoms with E-state index in [0.29, 0.717) is 6.54 Å². The van der Waals surface area contributed by atoms with Gasteiger partial charge in [0.1, 0.15) is 0 Å². The van der Waals surface area contributed by atoms with E-state index in [1.165, 1.54) is 41.8 Å². The van der Waals surface area contributed by atoms with Crippen LogP contribution in [0.3, 0.4) is 0 Å². The van der Waals surface area contributed by atoms with Gasteiger partial charge in [-0.3, -0.25) is 19.3 Å². The number of carbonyl (C=O) groups is 1. The molecule has 2 aliphatic heterocycles. The highest BCUT2D eigenvalue weighted by Crippen LogP contribution is 2.27. The molecule has 1 amide bonds. The molecule has 1 saturated heterocycles. The van der Waals surface area contributed by atoms with Crippen LogP contribution in [-0.2, 0) is 37.6 Å². The van der Waals surface area contributed by atoms with Gasteiger partial charge >= 0.3 is 0 Å². The summed E-state index contributed by atoms with van der Waals surface area (Å²) in [5.74, 6) is 0.244. The molecule has 0 bridgehead atoms. The minimum Gasteiger partial charge on any atom is -0.311 e. The van der Waals surface area contributed by atoms with Crippen LogP contribution >= 0.6 is 0 Å². The van der Waals surface area contributed by atoms with Crippen molar-refractivity contribution in [2.24, 2.45) is 7.05 Å².